The van der Waals surface area contributed by atoms with Gasteiger partial charge in [0.25, 0.3) is 6.43 Å². The third-order valence-corrected chi connectivity index (χ3v) is 5.68. The van der Waals surface area contributed by atoms with Crippen LogP contribution < -0.4 is 5.32 Å². The highest BCUT2D eigenvalue weighted by Crippen LogP contribution is 2.53. The molecule has 0 bridgehead atoms. The van der Waals surface area contributed by atoms with Crippen LogP contribution in [0.4, 0.5) is 14.5 Å². The molecule has 1 N–H and O–H groups in total. The highest BCUT2D eigenvalue weighted by molar-refractivity contribution is 5.92. The van der Waals surface area contributed by atoms with E-state index in [0.29, 0.717) is 12.1 Å². The van der Waals surface area contributed by atoms with Gasteiger partial charge in [0.15, 0.2) is 0 Å². The lowest BCUT2D eigenvalue weighted by Crippen LogP contribution is -2.49. The minimum atomic E-state index is -2.79. The van der Waals surface area contributed by atoms with Gasteiger partial charge in [-0.25, -0.2) is 13.5 Å². The Hall–Kier alpha value is -2.57. The van der Waals surface area contributed by atoms with Crippen LogP contribution in [0, 0.1) is 17.3 Å². The number of hydrogen-bond acceptors (Lipinski definition) is 3. The summed E-state index contributed by atoms with van der Waals surface area (Å²) in [5.41, 5.74) is -0.0935. The molecule has 0 saturated heterocycles. The van der Waals surface area contributed by atoms with Crippen molar-refractivity contribution in [2.75, 3.05) is 5.32 Å². The number of benzene rings is 1. The van der Waals surface area contributed by atoms with E-state index in [-0.39, 0.29) is 46.7 Å². The Labute approximate surface area is 156 Å². The first-order valence-electron chi connectivity index (χ1n) is 8.93. The number of Topliss-reactive ketones (excluding diaryl/α,β-unsaturated/α-hetero) is 1. The molecule has 1 aromatic heterocycles. The predicted molar refractivity (Wildman–Crippen MR) is 97.8 cm³/mol. The van der Waals surface area contributed by atoms with Crippen LogP contribution in [0.2, 0.25) is 0 Å². The minimum Gasteiger partial charge on any atom is -0.323 e. The van der Waals surface area contributed by atoms with Crippen LogP contribution >= 0.6 is 0 Å². The van der Waals surface area contributed by atoms with E-state index in [2.05, 4.69) is 10.4 Å². The first-order valence-corrected chi connectivity index (χ1v) is 8.93. The fourth-order valence-electron chi connectivity index (χ4n) is 3.92. The smallest absolute Gasteiger partial charge is 0.282 e. The average Bonchev–Trinajstić information content (AvgIpc) is 3.02. The van der Waals surface area contributed by atoms with E-state index in [9.17, 15) is 18.4 Å². The van der Waals surface area contributed by atoms with Crippen LogP contribution in [0.3, 0.4) is 0 Å². The van der Waals surface area contributed by atoms with E-state index in [1.807, 2.05) is 13.8 Å². The number of hydrogen-bond donors (Lipinski definition) is 1. The lowest BCUT2D eigenvalue weighted by atomic mass is 9.52. The summed E-state index contributed by atoms with van der Waals surface area (Å²) in [4.78, 5) is 24.0. The number of halogens is 2. The molecule has 0 aliphatic heterocycles. The number of ketones is 1. The molecule has 2 atom stereocenters. The second-order valence-corrected chi connectivity index (χ2v) is 7.66. The molecule has 1 fully saturated rings. The van der Waals surface area contributed by atoms with E-state index >= 15 is 0 Å². The highest BCUT2D eigenvalue weighted by atomic mass is 19.3. The van der Waals surface area contributed by atoms with Crippen molar-refractivity contribution in [3.8, 4) is 5.69 Å². The number of rotatable bonds is 6. The summed E-state index contributed by atoms with van der Waals surface area (Å²) in [6.45, 7) is 5.51. The molecule has 144 valence electrons. The largest absolute Gasteiger partial charge is 0.323 e. The molecule has 1 aliphatic rings. The van der Waals surface area contributed by atoms with Crippen LogP contribution in [-0.4, -0.2) is 21.5 Å². The van der Waals surface area contributed by atoms with Crippen molar-refractivity contribution in [2.45, 2.75) is 40.0 Å². The molecular formula is C20H23F2N3O2. The Bertz CT molecular complexity index is 846. The van der Waals surface area contributed by atoms with E-state index < -0.39 is 6.43 Å². The monoisotopic (exact) mass is 375 g/mol. The van der Waals surface area contributed by atoms with Gasteiger partial charge in [0.05, 0.1) is 17.6 Å². The third kappa shape index (κ3) is 3.63. The van der Waals surface area contributed by atoms with Crippen LogP contribution in [0.15, 0.2) is 36.5 Å². The van der Waals surface area contributed by atoms with Gasteiger partial charge in [-0.2, -0.15) is 5.10 Å². The molecule has 1 aromatic carbocycles. The topological polar surface area (TPSA) is 64.0 Å². The zero-order valence-electron chi connectivity index (χ0n) is 15.6. The molecule has 0 spiro atoms. The van der Waals surface area contributed by atoms with Gasteiger partial charge in [-0.15, -0.1) is 0 Å². The molecule has 1 aliphatic carbocycles. The van der Waals surface area contributed by atoms with Gasteiger partial charge in [0, 0.05) is 12.3 Å². The molecule has 2 aromatic rings. The molecule has 0 radical (unpaired) electrons. The molecule has 1 heterocycles. The molecule has 1 amide bonds. The maximum Gasteiger partial charge on any atom is 0.282 e. The number of aromatic nitrogens is 2. The van der Waals surface area contributed by atoms with Gasteiger partial charge in [-0.3, -0.25) is 9.59 Å². The number of nitrogens with one attached hydrogen (secondary N) is 1. The fraction of sp³-hybridized carbons (Fsp3) is 0.450. The summed E-state index contributed by atoms with van der Waals surface area (Å²) in [5, 5.41) is 6.59. The first kappa shape index (κ1) is 19.2. The zero-order chi connectivity index (χ0) is 19.8. The number of carbonyl (C=O) groups excluding carboxylic acids is 2. The van der Waals surface area contributed by atoms with Crippen LogP contribution in [0.1, 0.15) is 45.7 Å². The maximum absolute atomic E-state index is 13.6. The lowest BCUT2D eigenvalue weighted by Gasteiger charge is -2.51. The van der Waals surface area contributed by atoms with E-state index in [0.717, 1.165) is 4.68 Å². The summed E-state index contributed by atoms with van der Waals surface area (Å²) in [6, 6.07) is 8.59. The van der Waals surface area contributed by atoms with E-state index in [1.165, 1.54) is 6.20 Å². The van der Waals surface area contributed by atoms with Gasteiger partial charge in [-0.1, -0.05) is 32.0 Å². The standard InChI is InChI=1S/C20H23F2N3O2/c1-12(26)15-9-13(20(15,2)3)10-17(27)24-16-11-23-25(18(16)19(21)22)14-7-5-4-6-8-14/h4-8,11,13,15,19H,9-10H2,1-3H3,(H,24,27)/t13-,15+/m1/s1. The Kier molecular flexibility index (Phi) is 5.13. The minimum absolute atomic E-state index is 0.0131. The quantitative estimate of drug-likeness (QED) is 0.814. The Balaban J connectivity index is 1.74. The number of alkyl halides is 2. The normalized spacial score (nSPS) is 21.0. The number of para-hydroxylation sites is 1. The van der Waals surface area contributed by atoms with Gasteiger partial charge in [0.1, 0.15) is 11.5 Å². The summed E-state index contributed by atoms with van der Waals surface area (Å²) < 4.78 is 28.4. The van der Waals surface area contributed by atoms with Crippen molar-refractivity contribution in [1.82, 2.24) is 9.78 Å². The van der Waals surface area contributed by atoms with E-state index in [1.54, 1.807) is 37.3 Å². The predicted octanol–water partition coefficient (Wildman–Crippen LogP) is 4.39. The second kappa shape index (κ2) is 7.21. The van der Waals surface area contributed by atoms with Crippen molar-refractivity contribution in [3.63, 3.8) is 0 Å². The van der Waals surface area contributed by atoms with Crippen LogP contribution in [-0.2, 0) is 9.59 Å². The average molecular weight is 375 g/mol. The van der Waals surface area contributed by atoms with Gasteiger partial charge in [0.2, 0.25) is 5.91 Å². The Morgan fingerprint density at radius 2 is 1.96 bits per heavy atom. The zero-order valence-corrected chi connectivity index (χ0v) is 15.6. The van der Waals surface area contributed by atoms with Crippen molar-refractivity contribution in [3.05, 3.63) is 42.2 Å². The Morgan fingerprint density at radius 3 is 2.52 bits per heavy atom. The third-order valence-electron chi connectivity index (χ3n) is 5.68. The number of anilines is 1. The maximum atomic E-state index is 13.6. The molecule has 1 saturated carbocycles. The summed E-state index contributed by atoms with van der Waals surface area (Å²) in [5.74, 6) is -0.219. The number of amides is 1. The molecule has 5 nitrogen and oxygen atoms in total. The fourth-order valence-corrected chi connectivity index (χ4v) is 3.92. The molecule has 0 unspecified atom stereocenters. The van der Waals surface area contributed by atoms with E-state index in [4.69, 9.17) is 0 Å². The van der Waals surface area contributed by atoms with Crippen LogP contribution in [0.25, 0.3) is 5.69 Å². The SMILES string of the molecule is CC(=O)[C@@H]1C[C@H](CC(=O)Nc2cnn(-c3ccccc3)c2C(F)F)C1(C)C. The molecular weight excluding hydrogens is 352 g/mol. The molecule has 3 rings (SSSR count). The summed E-state index contributed by atoms with van der Waals surface area (Å²) in [7, 11) is 0. The number of nitrogens with zero attached hydrogens (tertiary/aromatic N) is 2. The van der Waals surface area contributed by atoms with Gasteiger partial charge >= 0.3 is 0 Å². The lowest BCUT2D eigenvalue weighted by molar-refractivity contribution is -0.139. The summed E-state index contributed by atoms with van der Waals surface area (Å²) >= 11 is 0. The van der Waals surface area contributed by atoms with Crippen LogP contribution in [0.5, 0.6) is 0 Å². The van der Waals surface area contributed by atoms with Crippen molar-refractivity contribution in [2.24, 2.45) is 17.3 Å². The van der Waals surface area contributed by atoms with Gasteiger partial charge < -0.3 is 5.32 Å². The van der Waals surface area contributed by atoms with Gasteiger partial charge in [-0.05, 0) is 36.8 Å². The Morgan fingerprint density at radius 1 is 1.30 bits per heavy atom. The van der Waals surface area contributed by atoms with Crippen molar-refractivity contribution >= 4 is 17.4 Å². The van der Waals surface area contributed by atoms with Crippen molar-refractivity contribution in [1.29, 1.82) is 0 Å². The number of carbonyl (C=O) groups is 2. The second-order valence-electron chi connectivity index (χ2n) is 7.66. The highest BCUT2D eigenvalue weighted by Gasteiger charge is 2.50. The molecule has 7 heteroatoms. The first-order chi connectivity index (χ1) is 12.7. The molecule has 27 heavy (non-hydrogen) atoms. The van der Waals surface area contributed by atoms with Crippen molar-refractivity contribution < 1.29 is 18.4 Å². The summed E-state index contributed by atoms with van der Waals surface area (Å²) in [6.07, 6.45) is -0.696.